The fraction of sp³-hybridized carbons (Fsp3) is 0.200. The van der Waals surface area contributed by atoms with Crippen molar-refractivity contribution in [2.24, 2.45) is 0 Å². The highest BCUT2D eigenvalue weighted by molar-refractivity contribution is 8.18. The molecule has 1 saturated heterocycles. The second-order valence-corrected chi connectivity index (χ2v) is 9.16. The molecular formula is C20H15ClN2O7S2. The molecule has 0 unspecified atom stereocenters. The maximum Gasteiger partial charge on any atom is 0.293 e. The minimum Gasteiger partial charge on any atom is -0.454 e. The summed E-state index contributed by atoms with van der Waals surface area (Å²) in [6.07, 6.45) is 1.44. The minimum absolute atomic E-state index is 0.0473. The molecule has 4 rings (SSSR count). The van der Waals surface area contributed by atoms with Crippen LogP contribution >= 0.6 is 35.1 Å². The summed E-state index contributed by atoms with van der Waals surface area (Å²) in [5, 5.41) is 20.2. The number of nitro benzene ring substituents is 1. The molecule has 2 heterocycles. The highest BCUT2D eigenvalue weighted by Crippen LogP contribution is 2.40. The molecule has 0 spiro atoms. The maximum atomic E-state index is 12.8. The van der Waals surface area contributed by atoms with Crippen molar-refractivity contribution >= 4 is 58.0 Å². The molecule has 2 aromatic rings. The first-order chi connectivity index (χ1) is 15.4. The zero-order valence-electron chi connectivity index (χ0n) is 16.3. The number of imide groups is 1. The molecule has 2 aliphatic rings. The van der Waals surface area contributed by atoms with E-state index in [0.717, 1.165) is 28.4 Å². The first kappa shape index (κ1) is 22.5. The zero-order valence-corrected chi connectivity index (χ0v) is 18.7. The van der Waals surface area contributed by atoms with Crippen LogP contribution in [0.4, 0.5) is 10.5 Å². The Balaban J connectivity index is 1.56. The van der Waals surface area contributed by atoms with Crippen molar-refractivity contribution in [3.63, 3.8) is 0 Å². The van der Waals surface area contributed by atoms with Crippen LogP contribution in [0.3, 0.4) is 0 Å². The highest BCUT2D eigenvalue weighted by atomic mass is 35.5. The summed E-state index contributed by atoms with van der Waals surface area (Å²) in [6.45, 7) is -0.0820. The molecule has 2 aromatic carbocycles. The Morgan fingerprint density at radius 1 is 1.25 bits per heavy atom. The van der Waals surface area contributed by atoms with Gasteiger partial charge in [-0.2, -0.15) is 0 Å². The van der Waals surface area contributed by atoms with Gasteiger partial charge in [0.2, 0.25) is 6.79 Å². The van der Waals surface area contributed by atoms with Crippen molar-refractivity contribution < 1.29 is 29.1 Å². The van der Waals surface area contributed by atoms with Gasteiger partial charge in [-0.15, -0.1) is 11.8 Å². The molecule has 9 nitrogen and oxygen atoms in total. The van der Waals surface area contributed by atoms with Crippen molar-refractivity contribution in [3.8, 4) is 11.5 Å². The summed E-state index contributed by atoms with van der Waals surface area (Å²) in [6, 6.07) is 7.71. The first-order valence-electron chi connectivity index (χ1n) is 9.23. The van der Waals surface area contributed by atoms with Crippen LogP contribution in [0.2, 0.25) is 5.02 Å². The molecule has 1 fully saturated rings. The van der Waals surface area contributed by atoms with Crippen LogP contribution in [0.15, 0.2) is 40.1 Å². The van der Waals surface area contributed by atoms with Crippen LogP contribution in [-0.4, -0.2) is 45.2 Å². The van der Waals surface area contributed by atoms with Crippen LogP contribution in [0.25, 0.3) is 6.08 Å². The number of nitrogens with zero attached hydrogens (tertiary/aromatic N) is 2. The Hall–Kier alpha value is -2.73. The van der Waals surface area contributed by atoms with E-state index in [1.807, 2.05) is 0 Å². The van der Waals surface area contributed by atoms with Crippen molar-refractivity contribution in [1.82, 2.24) is 4.90 Å². The van der Waals surface area contributed by atoms with Crippen LogP contribution in [0.5, 0.6) is 11.5 Å². The van der Waals surface area contributed by atoms with E-state index in [9.17, 15) is 19.7 Å². The van der Waals surface area contributed by atoms with Crippen molar-refractivity contribution in [3.05, 3.63) is 61.5 Å². The molecule has 0 atom stereocenters. The number of aliphatic hydroxyl groups is 1. The Morgan fingerprint density at radius 2 is 2.00 bits per heavy atom. The van der Waals surface area contributed by atoms with Crippen LogP contribution in [-0.2, 0) is 11.3 Å². The van der Waals surface area contributed by atoms with E-state index in [1.165, 1.54) is 12.1 Å². The topological polar surface area (TPSA) is 119 Å². The summed E-state index contributed by atoms with van der Waals surface area (Å²) in [5.41, 5.74) is 0.806. The lowest BCUT2D eigenvalue weighted by Gasteiger charge is -2.14. The van der Waals surface area contributed by atoms with Gasteiger partial charge in [0.25, 0.3) is 16.8 Å². The molecule has 0 aliphatic carbocycles. The van der Waals surface area contributed by atoms with E-state index in [0.29, 0.717) is 38.3 Å². The fourth-order valence-corrected chi connectivity index (χ4v) is 4.89. The van der Waals surface area contributed by atoms with E-state index in [1.54, 1.807) is 24.3 Å². The van der Waals surface area contributed by atoms with E-state index < -0.39 is 16.1 Å². The van der Waals surface area contributed by atoms with Gasteiger partial charge in [-0.3, -0.25) is 24.6 Å². The number of ether oxygens (including phenoxy) is 2. The van der Waals surface area contributed by atoms with Gasteiger partial charge in [0, 0.05) is 22.9 Å². The molecule has 2 amide bonds. The number of fused-ring (bicyclic) bond motifs is 1. The second-order valence-electron chi connectivity index (χ2n) is 6.62. The molecule has 0 saturated carbocycles. The van der Waals surface area contributed by atoms with Crippen LogP contribution in [0, 0.1) is 10.1 Å². The monoisotopic (exact) mass is 494 g/mol. The molecule has 1 N–H and O–H groups in total. The van der Waals surface area contributed by atoms with Gasteiger partial charge in [-0.25, -0.2) is 0 Å². The summed E-state index contributed by atoms with van der Waals surface area (Å²) >= 11 is 8.17. The van der Waals surface area contributed by atoms with Crippen molar-refractivity contribution in [2.45, 2.75) is 11.4 Å². The van der Waals surface area contributed by atoms with Crippen molar-refractivity contribution in [1.29, 1.82) is 0 Å². The third-order valence-corrected chi connectivity index (χ3v) is 6.87. The second kappa shape index (κ2) is 9.41. The minimum atomic E-state index is -0.523. The van der Waals surface area contributed by atoms with E-state index >= 15 is 0 Å². The normalized spacial score (nSPS) is 16.3. The van der Waals surface area contributed by atoms with E-state index in [4.69, 9.17) is 26.2 Å². The zero-order chi connectivity index (χ0) is 22.8. The third kappa shape index (κ3) is 4.56. The molecule has 32 heavy (non-hydrogen) atoms. The summed E-state index contributed by atoms with van der Waals surface area (Å²) < 4.78 is 10.6. The van der Waals surface area contributed by atoms with Gasteiger partial charge in [0.1, 0.15) is 0 Å². The molecule has 0 radical (unpaired) electrons. The Bertz CT molecular complexity index is 1160. The molecule has 2 aliphatic heterocycles. The van der Waals surface area contributed by atoms with Gasteiger partial charge in [-0.05, 0) is 41.1 Å². The number of amides is 2. The van der Waals surface area contributed by atoms with Crippen molar-refractivity contribution in [2.75, 3.05) is 19.2 Å². The Labute approximate surface area is 195 Å². The largest absolute Gasteiger partial charge is 0.454 e. The molecule has 166 valence electrons. The third-order valence-electron chi connectivity index (χ3n) is 4.57. The van der Waals surface area contributed by atoms with Gasteiger partial charge in [0.05, 0.1) is 27.9 Å². The highest BCUT2D eigenvalue weighted by Gasteiger charge is 2.36. The number of carbonyl (C=O) groups is 2. The van der Waals surface area contributed by atoms with Crippen LogP contribution < -0.4 is 9.47 Å². The number of benzene rings is 2. The number of halogens is 1. The Kier molecular flexibility index (Phi) is 6.60. The van der Waals surface area contributed by atoms with Gasteiger partial charge >= 0.3 is 0 Å². The molecule has 0 bridgehead atoms. The number of aliphatic hydroxyl groups excluding tert-OH is 1. The standard InChI is InChI=1S/C20H15ClN2O7S2/c21-13-8-16-15(29-10-30-16)7-12(13)9-22-19(25)18(32-20(22)26)6-11-1-2-17(31-4-3-24)14(5-11)23(27)28/h1-2,5-8,24H,3-4,9-10H2/b18-6-. The summed E-state index contributed by atoms with van der Waals surface area (Å²) in [4.78, 5) is 37.8. The number of thioether (sulfide) groups is 2. The van der Waals surface area contributed by atoms with E-state index in [-0.39, 0.29) is 30.5 Å². The van der Waals surface area contributed by atoms with Gasteiger partial charge in [-0.1, -0.05) is 17.7 Å². The predicted molar refractivity (Wildman–Crippen MR) is 120 cm³/mol. The van der Waals surface area contributed by atoms with Gasteiger partial charge < -0.3 is 14.6 Å². The number of nitro groups is 1. The lowest BCUT2D eigenvalue weighted by Crippen LogP contribution is -2.27. The van der Waals surface area contributed by atoms with E-state index in [2.05, 4.69) is 0 Å². The SMILES string of the molecule is O=C1S/C(=C\c2ccc(SCCO)c([N+](=O)[O-])c2)C(=O)N1Cc1cc2c(cc1Cl)OCO2. The van der Waals surface area contributed by atoms with Gasteiger partial charge in [0.15, 0.2) is 11.5 Å². The molecule has 0 aromatic heterocycles. The quantitative estimate of drug-likeness (QED) is 0.260. The Morgan fingerprint density at radius 3 is 2.72 bits per heavy atom. The average Bonchev–Trinajstić information content (AvgIpc) is 3.31. The smallest absolute Gasteiger partial charge is 0.293 e. The fourth-order valence-electron chi connectivity index (χ4n) is 3.08. The summed E-state index contributed by atoms with van der Waals surface area (Å²) in [5.74, 6) is 0.782. The lowest BCUT2D eigenvalue weighted by molar-refractivity contribution is -0.387. The average molecular weight is 495 g/mol. The van der Waals surface area contributed by atoms with Crippen LogP contribution in [0.1, 0.15) is 11.1 Å². The maximum absolute atomic E-state index is 12.8. The summed E-state index contributed by atoms with van der Waals surface area (Å²) in [7, 11) is 0. The lowest BCUT2D eigenvalue weighted by atomic mass is 10.1. The number of rotatable bonds is 7. The predicted octanol–water partition coefficient (Wildman–Crippen LogP) is 4.30. The number of hydrogen-bond acceptors (Lipinski definition) is 9. The molecular weight excluding hydrogens is 480 g/mol. The number of hydrogen-bond donors (Lipinski definition) is 1. The number of carbonyl (C=O) groups excluding carboxylic acids is 2. The molecule has 12 heteroatoms. The first-order valence-corrected chi connectivity index (χ1v) is 11.4.